The molecule has 0 spiro atoms. The Morgan fingerprint density at radius 2 is 2.00 bits per heavy atom. The molecular weight excluding hydrogens is 238 g/mol. The van der Waals surface area contributed by atoms with Crippen LogP contribution in [0.4, 0.5) is 0 Å². The Balaban J connectivity index is 2.57. The molecule has 0 bridgehead atoms. The zero-order chi connectivity index (χ0) is 13.1. The average Bonchev–Trinajstić information content (AvgIpc) is 2.91. The molecule has 2 rings (SSSR count). The number of carboxylic acids is 1. The molecule has 0 unspecified atom stereocenters. The fraction of sp³-hybridized carbons (Fsp3) is 0.0833. The number of carbonyl (C=O) groups is 2. The molecule has 0 saturated carbocycles. The average molecular weight is 247 g/mol. The lowest BCUT2D eigenvalue weighted by Crippen LogP contribution is -2.05. The van der Waals surface area contributed by atoms with Gasteiger partial charge in [-0.1, -0.05) is 0 Å². The van der Waals surface area contributed by atoms with Gasteiger partial charge in [-0.2, -0.15) is 0 Å². The second-order valence-electron chi connectivity index (χ2n) is 3.46. The van der Waals surface area contributed by atoms with Crippen LogP contribution in [0.15, 0.2) is 35.2 Å². The number of carbonyl (C=O) groups excluding carboxylic acids is 1. The molecule has 18 heavy (non-hydrogen) atoms. The molecule has 6 nitrogen and oxygen atoms in total. The van der Waals surface area contributed by atoms with Gasteiger partial charge in [0.05, 0.1) is 24.4 Å². The summed E-state index contributed by atoms with van der Waals surface area (Å²) in [5.74, 6) is -1.37. The number of nitrogens with zero attached hydrogens (tertiary/aromatic N) is 1. The van der Waals surface area contributed by atoms with Crippen LogP contribution in [0.2, 0.25) is 0 Å². The molecule has 0 aliphatic rings. The molecule has 1 aromatic heterocycles. The number of carboxylic acid groups (broad SMARTS) is 1. The molecule has 1 aromatic carbocycles. The highest BCUT2D eigenvalue weighted by atomic mass is 16.5. The molecule has 0 aliphatic carbocycles. The van der Waals surface area contributed by atoms with Crippen molar-refractivity contribution in [2.75, 3.05) is 7.11 Å². The van der Waals surface area contributed by atoms with Gasteiger partial charge >= 0.3 is 11.9 Å². The Bertz CT molecular complexity index is 589. The number of esters is 1. The molecule has 0 amide bonds. The van der Waals surface area contributed by atoms with Gasteiger partial charge in [0, 0.05) is 5.56 Å². The minimum atomic E-state index is -1.14. The Morgan fingerprint density at radius 3 is 2.56 bits per heavy atom. The molecule has 1 N–H and O–H groups in total. The van der Waals surface area contributed by atoms with Crippen LogP contribution < -0.4 is 0 Å². The van der Waals surface area contributed by atoms with E-state index in [1.54, 1.807) is 0 Å². The van der Waals surface area contributed by atoms with Crippen LogP contribution in [-0.2, 0) is 4.74 Å². The SMILES string of the molecule is COC(=O)c1cc(C(=O)O)cc(-c2cnco2)c1. The topological polar surface area (TPSA) is 89.6 Å². The molecule has 0 fully saturated rings. The Hall–Kier alpha value is -2.63. The van der Waals surface area contributed by atoms with Crippen molar-refractivity contribution in [2.45, 2.75) is 0 Å². The molecule has 0 radical (unpaired) electrons. The van der Waals surface area contributed by atoms with E-state index in [-0.39, 0.29) is 11.1 Å². The fourth-order valence-corrected chi connectivity index (χ4v) is 1.49. The molecule has 92 valence electrons. The number of methoxy groups -OCH3 is 1. The van der Waals surface area contributed by atoms with Crippen molar-refractivity contribution >= 4 is 11.9 Å². The van der Waals surface area contributed by atoms with Crippen molar-refractivity contribution in [3.8, 4) is 11.3 Å². The van der Waals surface area contributed by atoms with Gasteiger partial charge < -0.3 is 14.3 Å². The van der Waals surface area contributed by atoms with Gasteiger partial charge in [-0.25, -0.2) is 14.6 Å². The number of aromatic nitrogens is 1. The van der Waals surface area contributed by atoms with Crippen LogP contribution in [-0.4, -0.2) is 29.1 Å². The monoisotopic (exact) mass is 247 g/mol. The maximum Gasteiger partial charge on any atom is 0.337 e. The van der Waals surface area contributed by atoms with Gasteiger partial charge in [-0.15, -0.1) is 0 Å². The standard InChI is InChI=1S/C12H9NO5/c1-17-12(16)9-3-7(10-5-13-6-18-10)2-8(4-9)11(14)15/h2-6H,1H3,(H,14,15). The zero-order valence-electron chi connectivity index (χ0n) is 9.41. The first kappa shape index (κ1) is 11.8. The number of aromatic carboxylic acids is 1. The summed E-state index contributed by atoms with van der Waals surface area (Å²) in [4.78, 5) is 26.2. The van der Waals surface area contributed by atoms with E-state index in [0.29, 0.717) is 11.3 Å². The van der Waals surface area contributed by atoms with Crippen LogP contribution in [0.5, 0.6) is 0 Å². The summed E-state index contributed by atoms with van der Waals surface area (Å²) in [7, 11) is 1.23. The van der Waals surface area contributed by atoms with E-state index < -0.39 is 11.9 Å². The van der Waals surface area contributed by atoms with Crippen molar-refractivity contribution in [1.82, 2.24) is 4.98 Å². The van der Waals surface area contributed by atoms with E-state index in [9.17, 15) is 9.59 Å². The summed E-state index contributed by atoms with van der Waals surface area (Å²) in [6.45, 7) is 0. The minimum Gasteiger partial charge on any atom is -0.478 e. The summed E-state index contributed by atoms with van der Waals surface area (Å²) in [5, 5.41) is 8.99. The quantitative estimate of drug-likeness (QED) is 0.832. The van der Waals surface area contributed by atoms with E-state index >= 15 is 0 Å². The normalized spacial score (nSPS) is 10.1. The Kier molecular flexibility index (Phi) is 3.09. The summed E-state index contributed by atoms with van der Waals surface area (Å²) in [5.41, 5.74) is 0.570. The highest BCUT2D eigenvalue weighted by Crippen LogP contribution is 2.22. The third-order valence-corrected chi connectivity index (χ3v) is 2.32. The fourth-order valence-electron chi connectivity index (χ4n) is 1.49. The third kappa shape index (κ3) is 2.22. The predicted molar refractivity (Wildman–Crippen MR) is 60.2 cm³/mol. The lowest BCUT2D eigenvalue weighted by atomic mass is 10.0. The minimum absolute atomic E-state index is 0.0238. The highest BCUT2D eigenvalue weighted by molar-refractivity contribution is 5.96. The van der Waals surface area contributed by atoms with Crippen LogP contribution >= 0.6 is 0 Å². The summed E-state index contributed by atoms with van der Waals surface area (Å²) in [6.07, 6.45) is 2.66. The molecule has 0 saturated heterocycles. The summed E-state index contributed by atoms with van der Waals surface area (Å²) >= 11 is 0. The van der Waals surface area contributed by atoms with Crippen molar-refractivity contribution in [1.29, 1.82) is 0 Å². The first-order chi connectivity index (χ1) is 8.61. The largest absolute Gasteiger partial charge is 0.478 e. The van der Waals surface area contributed by atoms with Crippen molar-refractivity contribution < 1.29 is 23.8 Å². The van der Waals surface area contributed by atoms with Crippen LogP contribution in [0.3, 0.4) is 0 Å². The van der Waals surface area contributed by atoms with E-state index in [4.69, 9.17) is 9.52 Å². The van der Waals surface area contributed by atoms with Gasteiger partial charge in [-0.3, -0.25) is 0 Å². The van der Waals surface area contributed by atoms with Gasteiger partial charge in [0.25, 0.3) is 0 Å². The number of oxazole rings is 1. The van der Waals surface area contributed by atoms with Crippen LogP contribution in [0.1, 0.15) is 20.7 Å². The molecule has 1 heterocycles. The van der Waals surface area contributed by atoms with Gasteiger partial charge in [0.2, 0.25) is 0 Å². The first-order valence-corrected chi connectivity index (χ1v) is 4.97. The number of rotatable bonds is 3. The first-order valence-electron chi connectivity index (χ1n) is 4.97. The Morgan fingerprint density at radius 1 is 1.28 bits per heavy atom. The van der Waals surface area contributed by atoms with E-state index in [1.807, 2.05) is 0 Å². The molecule has 2 aromatic rings. The van der Waals surface area contributed by atoms with E-state index in [1.165, 1.54) is 37.9 Å². The van der Waals surface area contributed by atoms with Crippen molar-refractivity contribution in [3.05, 3.63) is 41.9 Å². The number of benzene rings is 1. The zero-order valence-corrected chi connectivity index (χ0v) is 9.41. The smallest absolute Gasteiger partial charge is 0.337 e. The lowest BCUT2D eigenvalue weighted by Gasteiger charge is -2.04. The van der Waals surface area contributed by atoms with E-state index in [2.05, 4.69) is 9.72 Å². The van der Waals surface area contributed by atoms with Crippen molar-refractivity contribution in [3.63, 3.8) is 0 Å². The molecular formula is C12H9NO5. The maximum absolute atomic E-state index is 11.4. The molecule has 0 atom stereocenters. The van der Waals surface area contributed by atoms with Gasteiger partial charge in [-0.05, 0) is 18.2 Å². The van der Waals surface area contributed by atoms with Gasteiger partial charge in [0.15, 0.2) is 12.2 Å². The maximum atomic E-state index is 11.4. The second kappa shape index (κ2) is 4.70. The van der Waals surface area contributed by atoms with Crippen LogP contribution in [0.25, 0.3) is 11.3 Å². The number of hydrogen-bond donors (Lipinski definition) is 1. The predicted octanol–water partition coefficient (Wildman–Crippen LogP) is 1.83. The lowest BCUT2D eigenvalue weighted by molar-refractivity contribution is 0.0601. The molecule has 6 heteroatoms. The second-order valence-corrected chi connectivity index (χ2v) is 3.46. The van der Waals surface area contributed by atoms with Gasteiger partial charge in [0.1, 0.15) is 0 Å². The third-order valence-electron chi connectivity index (χ3n) is 2.32. The summed E-state index contributed by atoms with van der Waals surface area (Å²) < 4.78 is 9.63. The van der Waals surface area contributed by atoms with Crippen LogP contribution in [0, 0.1) is 0 Å². The number of ether oxygens (including phenoxy) is 1. The molecule has 0 aliphatic heterocycles. The highest BCUT2D eigenvalue weighted by Gasteiger charge is 2.14. The number of hydrogen-bond acceptors (Lipinski definition) is 5. The van der Waals surface area contributed by atoms with E-state index in [0.717, 1.165) is 0 Å². The Labute approximate surface area is 102 Å². The van der Waals surface area contributed by atoms with Crippen molar-refractivity contribution in [2.24, 2.45) is 0 Å². The summed E-state index contributed by atoms with van der Waals surface area (Å²) in [6, 6.07) is 4.13.